The molecule has 0 atom stereocenters. The molecule has 8 nitrogen and oxygen atoms in total. The number of hydrogen-bond donors (Lipinski definition) is 2. The topological polar surface area (TPSA) is 123 Å². The van der Waals surface area contributed by atoms with E-state index in [4.69, 9.17) is 9.52 Å². The van der Waals surface area contributed by atoms with Gasteiger partial charge in [-0.2, -0.15) is 0 Å². The first-order chi connectivity index (χ1) is 9.49. The van der Waals surface area contributed by atoms with Crippen LogP contribution >= 0.6 is 0 Å². The van der Waals surface area contributed by atoms with Gasteiger partial charge in [0.05, 0.1) is 16.7 Å². The van der Waals surface area contributed by atoms with Crippen molar-refractivity contribution in [3.05, 3.63) is 58.0 Å². The van der Waals surface area contributed by atoms with Crippen LogP contribution in [0.2, 0.25) is 0 Å². The van der Waals surface area contributed by atoms with Crippen molar-refractivity contribution < 1.29 is 24.0 Å². The van der Waals surface area contributed by atoms with E-state index in [1.807, 2.05) is 0 Å². The minimum absolute atomic E-state index is 0.0124. The van der Waals surface area contributed by atoms with Crippen molar-refractivity contribution in [2.24, 2.45) is 0 Å². The maximum absolute atomic E-state index is 11.7. The van der Waals surface area contributed by atoms with Gasteiger partial charge in [0.25, 0.3) is 11.6 Å². The normalized spacial score (nSPS) is 10.0. The number of nitrogens with zero attached hydrogens (tertiary/aromatic N) is 1. The number of carboxylic acids is 1. The average Bonchev–Trinajstić information content (AvgIpc) is 2.92. The summed E-state index contributed by atoms with van der Waals surface area (Å²) in [5, 5.41) is 22.0. The number of nitro groups is 1. The van der Waals surface area contributed by atoms with Crippen molar-refractivity contribution in [1.82, 2.24) is 0 Å². The molecule has 1 amide bonds. The highest BCUT2D eigenvalue weighted by Gasteiger charge is 2.20. The molecule has 0 radical (unpaired) electrons. The molecular formula is C12H8N2O6. The van der Waals surface area contributed by atoms with Crippen molar-refractivity contribution in [1.29, 1.82) is 0 Å². The monoisotopic (exact) mass is 276 g/mol. The number of nitro benzene ring substituents is 1. The summed E-state index contributed by atoms with van der Waals surface area (Å²) in [5.41, 5.74) is -0.862. The smallest absolute Gasteiger partial charge is 0.335 e. The standard InChI is InChI=1S/C12H8N2O6/c15-11(10-2-1-5-20-10)13-8-4-3-7(12(16)17)6-9(8)14(18)19/h1-6H,(H,13,15)(H,16,17). The van der Waals surface area contributed by atoms with Crippen LogP contribution in [-0.2, 0) is 0 Å². The highest BCUT2D eigenvalue weighted by atomic mass is 16.6. The van der Waals surface area contributed by atoms with Gasteiger partial charge in [-0.05, 0) is 24.3 Å². The van der Waals surface area contributed by atoms with E-state index in [1.165, 1.54) is 18.4 Å². The molecule has 1 heterocycles. The third kappa shape index (κ3) is 2.64. The largest absolute Gasteiger partial charge is 0.478 e. The second-order valence-corrected chi connectivity index (χ2v) is 3.73. The Bertz CT molecular complexity index is 677. The van der Waals surface area contributed by atoms with Gasteiger partial charge in [0.15, 0.2) is 5.76 Å². The van der Waals surface area contributed by atoms with Gasteiger partial charge in [-0.3, -0.25) is 14.9 Å². The highest BCUT2D eigenvalue weighted by molar-refractivity contribution is 6.04. The third-order valence-corrected chi connectivity index (χ3v) is 2.43. The lowest BCUT2D eigenvalue weighted by molar-refractivity contribution is -0.383. The van der Waals surface area contributed by atoms with E-state index in [2.05, 4.69) is 5.32 Å². The number of rotatable bonds is 4. The van der Waals surface area contributed by atoms with Crippen molar-refractivity contribution in [2.75, 3.05) is 5.32 Å². The summed E-state index contributed by atoms with van der Waals surface area (Å²) in [6.45, 7) is 0. The summed E-state index contributed by atoms with van der Waals surface area (Å²) in [4.78, 5) is 32.6. The zero-order valence-electron chi connectivity index (χ0n) is 9.90. The number of hydrogen-bond acceptors (Lipinski definition) is 5. The molecule has 102 valence electrons. The summed E-state index contributed by atoms with van der Waals surface area (Å²) in [7, 11) is 0. The van der Waals surface area contributed by atoms with Gasteiger partial charge >= 0.3 is 5.97 Å². The maximum atomic E-state index is 11.7. The van der Waals surface area contributed by atoms with Crippen LogP contribution < -0.4 is 5.32 Å². The zero-order valence-corrected chi connectivity index (χ0v) is 9.90. The Morgan fingerprint density at radius 2 is 2.05 bits per heavy atom. The second-order valence-electron chi connectivity index (χ2n) is 3.73. The Hall–Kier alpha value is -3.16. The molecule has 0 spiro atoms. The molecule has 1 aromatic heterocycles. The number of aromatic carboxylic acids is 1. The molecule has 8 heteroatoms. The quantitative estimate of drug-likeness (QED) is 0.651. The molecule has 2 N–H and O–H groups in total. The van der Waals surface area contributed by atoms with Crippen molar-refractivity contribution in [3.63, 3.8) is 0 Å². The summed E-state index contributed by atoms with van der Waals surface area (Å²) in [6, 6.07) is 6.08. The molecule has 0 aliphatic heterocycles. The van der Waals surface area contributed by atoms with Gasteiger partial charge in [0.1, 0.15) is 5.69 Å². The van der Waals surface area contributed by atoms with Gasteiger partial charge in [-0.1, -0.05) is 0 Å². The molecular weight excluding hydrogens is 268 g/mol. The van der Waals surface area contributed by atoms with Crippen LogP contribution in [0.5, 0.6) is 0 Å². The number of amides is 1. The molecule has 2 rings (SSSR count). The fourth-order valence-corrected chi connectivity index (χ4v) is 1.51. The Morgan fingerprint density at radius 1 is 1.30 bits per heavy atom. The minimum Gasteiger partial charge on any atom is -0.478 e. The Morgan fingerprint density at radius 3 is 2.60 bits per heavy atom. The molecule has 2 aromatic rings. The van der Waals surface area contributed by atoms with Crippen LogP contribution in [0.15, 0.2) is 41.0 Å². The van der Waals surface area contributed by atoms with Crippen LogP contribution in [0.3, 0.4) is 0 Å². The summed E-state index contributed by atoms with van der Waals surface area (Å²) in [5.74, 6) is -1.97. The molecule has 0 saturated carbocycles. The van der Waals surface area contributed by atoms with Gasteiger partial charge in [0, 0.05) is 6.07 Å². The predicted molar refractivity (Wildman–Crippen MR) is 66.7 cm³/mol. The molecule has 1 aromatic carbocycles. The fraction of sp³-hybridized carbons (Fsp3) is 0. The van der Waals surface area contributed by atoms with Crippen molar-refractivity contribution in [3.8, 4) is 0 Å². The fourth-order valence-electron chi connectivity index (χ4n) is 1.51. The first kappa shape index (κ1) is 13.3. The molecule has 0 aliphatic carbocycles. The Labute approximate surface area is 111 Å². The van der Waals surface area contributed by atoms with E-state index in [1.54, 1.807) is 0 Å². The lowest BCUT2D eigenvalue weighted by atomic mass is 10.1. The van der Waals surface area contributed by atoms with Crippen molar-refractivity contribution >= 4 is 23.3 Å². The number of anilines is 1. The van der Waals surface area contributed by atoms with Gasteiger partial charge in [-0.15, -0.1) is 0 Å². The van der Waals surface area contributed by atoms with E-state index >= 15 is 0 Å². The molecule has 0 bridgehead atoms. The number of carbonyl (C=O) groups is 2. The highest BCUT2D eigenvalue weighted by Crippen LogP contribution is 2.26. The van der Waals surface area contributed by atoms with E-state index < -0.39 is 22.5 Å². The number of furan rings is 1. The van der Waals surface area contributed by atoms with Gasteiger partial charge in [-0.25, -0.2) is 4.79 Å². The van der Waals surface area contributed by atoms with E-state index in [9.17, 15) is 19.7 Å². The first-order valence-electron chi connectivity index (χ1n) is 5.35. The molecule has 0 fully saturated rings. The van der Waals surface area contributed by atoms with Gasteiger partial charge < -0.3 is 14.8 Å². The van der Waals surface area contributed by atoms with Crippen LogP contribution in [-0.4, -0.2) is 21.9 Å². The van der Waals surface area contributed by atoms with Gasteiger partial charge in [0.2, 0.25) is 0 Å². The third-order valence-electron chi connectivity index (χ3n) is 2.43. The predicted octanol–water partition coefficient (Wildman–Crippen LogP) is 2.14. The summed E-state index contributed by atoms with van der Waals surface area (Å²) in [6.07, 6.45) is 1.29. The van der Waals surface area contributed by atoms with Crippen LogP contribution in [0.1, 0.15) is 20.9 Å². The molecule has 0 unspecified atom stereocenters. The lowest BCUT2D eigenvalue weighted by Crippen LogP contribution is -2.12. The Balaban J connectivity index is 2.34. The van der Waals surface area contributed by atoms with E-state index in [0.29, 0.717) is 0 Å². The number of benzene rings is 1. The van der Waals surface area contributed by atoms with Crippen LogP contribution in [0, 0.1) is 10.1 Å². The summed E-state index contributed by atoms with van der Waals surface area (Å²) < 4.78 is 4.85. The number of carboxylic acid groups (broad SMARTS) is 1. The maximum Gasteiger partial charge on any atom is 0.335 e. The second kappa shape index (κ2) is 5.22. The van der Waals surface area contributed by atoms with Crippen LogP contribution in [0.25, 0.3) is 0 Å². The first-order valence-corrected chi connectivity index (χ1v) is 5.35. The lowest BCUT2D eigenvalue weighted by Gasteiger charge is -2.05. The Kier molecular flexibility index (Phi) is 3.47. The SMILES string of the molecule is O=C(O)c1ccc(NC(=O)c2ccco2)c([N+](=O)[O-])c1. The van der Waals surface area contributed by atoms with E-state index in [-0.39, 0.29) is 17.0 Å². The van der Waals surface area contributed by atoms with E-state index in [0.717, 1.165) is 18.2 Å². The summed E-state index contributed by atoms with van der Waals surface area (Å²) >= 11 is 0. The van der Waals surface area contributed by atoms with Crippen LogP contribution in [0.4, 0.5) is 11.4 Å². The molecule has 0 aliphatic rings. The zero-order chi connectivity index (χ0) is 14.7. The number of nitrogens with one attached hydrogen (secondary N) is 1. The molecule has 0 saturated heterocycles. The van der Waals surface area contributed by atoms with Crippen molar-refractivity contribution in [2.45, 2.75) is 0 Å². The average molecular weight is 276 g/mol. The number of carbonyl (C=O) groups excluding carboxylic acids is 1. The minimum atomic E-state index is -1.29. The molecule has 20 heavy (non-hydrogen) atoms.